The van der Waals surface area contributed by atoms with Crippen LogP contribution in [0.4, 0.5) is 27.6 Å². The Morgan fingerprint density at radius 1 is 1.22 bits per heavy atom. The van der Waals surface area contributed by atoms with Gasteiger partial charge in [-0.15, -0.1) is 0 Å². The monoisotopic (exact) mass is 357 g/mol. The zero-order chi connectivity index (χ0) is 17.4. The van der Waals surface area contributed by atoms with Crippen molar-refractivity contribution in [3.63, 3.8) is 0 Å². The Morgan fingerprint density at radius 2 is 1.87 bits per heavy atom. The molecule has 0 saturated carbocycles. The van der Waals surface area contributed by atoms with Crippen LogP contribution >= 0.6 is 11.6 Å². The van der Waals surface area contributed by atoms with Crippen molar-refractivity contribution in [2.45, 2.75) is 31.4 Å². The Hall–Kier alpha value is -1.57. The summed E-state index contributed by atoms with van der Waals surface area (Å²) in [5.41, 5.74) is -2.06. The van der Waals surface area contributed by atoms with E-state index in [0.717, 1.165) is 6.07 Å². The zero-order valence-electron chi connectivity index (χ0n) is 11.8. The quantitative estimate of drug-likeness (QED) is 0.781. The lowest BCUT2D eigenvalue weighted by Crippen LogP contribution is -2.28. The number of halogens is 6. The number of hydrogen-bond acceptors (Lipinski definition) is 2. The highest BCUT2D eigenvalue weighted by Crippen LogP contribution is 2.41. The smallest absolute Gasteiger partial charge is 0.417 e. The number of alkyl halides is 5. The molecule has 0 spiro atoms. The normalized spacial score (nSPS) is 18.6. The highest BCUT2D eigenvalue weighted by molar-refractivity contribution is 6.35. The minimum absolute atomic E-state index is 0.0757. The number of hydrogen-bond donors (Lipinski definition) is 1. The number of nitrogens with zero attached hydrogens (tertiary/aromatic N) is 1. The number of rotatable bonds is 2. The first-order valence-electron chi connectivity index (χ1n) is 6.79. The first kappa shape index (κ1) is 17.8. The maximum absolute atomic E-state index is 13.4. The van der Waals surface area contributed by atoms with Crippen molar-refractivity contribution in [2.75, 3.05) is 18.0 Å². The van der Waals surface area contributed by atoms with Crippen molar-refractivity contribution >= 4 is 23.3 Å². The maximum Gasteiger partial charge on any atom is 0.417 e. The van der Waals surface area contributed by atoms with Crippen molar-refractivity contribution in [3.05, 3.63) is 28.3 Å². The van der Waals surface area contributed by atoms with E-state index in [4.69, 9.17) is 11.6 Å². The molecule has 1 N–H and O–H groups in total. The second-order valence-electron chi connectivity index (χ2n) is 5.32. The van der Waals surface area contributed by atoms with Crippen LogP contribution < -0.4 is 4.90 Å². The molecule has 0 atom stereocenters. The molecule has 2 rings (SSSR count). The summed E-state index contributed by atoms with van der Waals surface area (Å²) in [6.07, 6.45) is -5.54. The lowest BCUT2D eigenvalue weighted by atomic mass is 10.1. The van der Waals surface area contributed by atoms with Gasteiger partial charge in [0.1, 0.15) is 5.56 Å². The van der Waals surface area contributed by atoms with Crippen molar-refractivity contribution in [2.24, 2.45) is 0 Å². The van der Waals surface area contributed by atoms with Crippen LogP contribution in [0.25, 0.3) is 0 Å². The van der Waals surface area contributed by atoms with Gasteiger partial charge in [0.2, 0.25) is 5.92 Å². The van der Waals surface area contributed by atoms with Crippen LogP contribution in [0.5, 0.6) is 0 Å². The first-order valence-corrected chi connectivity index (χ1v) is 7.16. The number of aromatic carboxylic acids is 1. The van der Waals surface area contributed by atoms with Crippen molar-refractivity contribution in [1.29, 1.82) is 0 Å². The van der Waals surface area contributed by atoms with Crippen LogP contribution in [-0.2, 0) is 6.18 Å². The molecular weight excluding hydrogens is 345 g/mol. The Labute approximate surface area is 133 Å². The summed E-state index contributed by atoms with van der Waals surface area (Å²) in [6.45, 7) is -0.0352. The van der Waals surface area contributed by atoms with E-state index < -0.39 is 40.6 Å². The number of anilines is 1. The molecule has 128 valence electrons. The Balaban J connectivity index is 2.47. The Kier molecular flexibility index (Phi) is 4.75. The van der Waals surface area contributed by atoms with Gasteiger partial charge in [-0.2, -0.15) is 13.2 Å². The molecule has 1 aliphatic rings. The van der Waals surface area contributed by atoms with E-state index in [1.807, 2.05) is 0 Å². The lowest BCUT2D eigenvalue weighted by molar-refractivity contribution is -0.137. The molecule has 3 nitrogen and oxygen atoms in total. The number of carboxylic acid groups (broad SMARTS) is 1. The molecule has 1 heterocycles. The molecule has 0 aliphatic carbocycles. The van der Waals surface area contributed by atoms with E-state index >= 15 is 0 Å². The van der Waals surface area contributed by atoms with Gasteiger partial charge in [-0.1, -0.05) is 11.6 Å². The van der Waals surface area contributed by atoms with Gasteiger partial charge in [-0.05, 0) is 18.6 Å². The highest BCUT2D eigenvalue weighted by Gasteiger charge is 2.37. The van der Waals surface area contributed by atoms with E-state index in [1.54, 1.807) is 0 Å². The second-order valence-corrected chi connectivity index (χ2v) is 5.70. The van der Waals surface area contributed by atoms with Crippen molar-refractivity contribution < 1.29 is 31.9 Å². The Morgan fingerprint density at radius 3 is 2.43 bits per heavy atom. The van der Waals surface area contributed by atoms with E-state index in [0.29, 0.717) is 6.07 Å². The third-order valence-corrected chi connectivity index (χ3v) is 4.09. The topological polar surface area (TPSA) is 40.5 Å². The van der Waals surface area contributed by atoms with Crippen LogP contribution in [-0.4, -0.2) is 30.1 Å². The van der Waals surface area contributed by atoms with Gasteiger partial charge in [0, 0.05) is 25.9 Å². The van der Waals surface area contributed by atoms with E-state index in [1.165, 1.54) is 4.90 Å². The van der Waals surface area contributed by atoms with E-state index in [-0.39, 0.29) is 31.6 Å². The van der Waals surface area contributed by atoms with Crippen LogP contribution in [0, 0.1) is 0 Å². The van der Waals surface area contributed by atoms with Crippen molar-refractivity contribution in [3.8, 4) is 0 Å². The molecule has 0 radical (unpaired) electrons. The summed E-state index contributed by atoms with van der Waals surface area (Å²) in [5, 5.41) is 8.28. The van der Waals surface area contributed by atoms with Gasteiger partial charge < -0.3 is 10.0 Å². The summed E-state index contributed by atoms with van der Waals surface area (Å²) in [7, 11) is 0. The molecule has 0 amide bonds. The highest BCUT2D eigenvalue weighted by atomic mass is 35.5. The van der Waals surface area contributed by atoms with Gasteiger partial charge in [-0.25, -0.2) is 13.6 Å². The molecule has 0 bridgehead atoms. The van der Waals surface area contributed by atoms with Crippen LogP contribution in [0.1, 0.15) is 35.2 Å². The number of benzene rings is 1. The average Bonchev–Trinajstić information content (AvgIpc) is 2.57. The average molecular weight is 358 g/mol. The summed E-state index contributed by atoms with van der Waals surface area (Å²) in [4.78, 5) is 12.7. The third kappa shape index (κ3) is 3.85. The minimum atomic E-state index is -4.80. The molecule has 1 saturated heterocycles. The second kappa shape index (κ2) is 6.14. The maximum atomic E-state index is 13.4. The molecule has 23 heavy (non-hydrogen) atoms. The van der Waals surface area contributed by atoms with Gasteiger partial charge in [0.25, 0.3) is 0 Å². The summed E-state index contributed by atoms with van der Waals surface area (Å²) < 4.78 is 65.3. The summed E-state index contributed by atoms with van der Waals surface area (Å²) >= 11 is 5.63. The standard InChI is InChI=1S/C14H13ClF5NO2/c15-11-8(14(18,19)20)2-3-9(10(11)12(22)23)21-6-1-4-13(16,17)5-7-21/h2-3H,1,4-7H2,(H,22,23). The number of carboxylic acids is 1. The van der Waals surface area contributed by atoms with Gasteiger partial charge >= 0.3 is 12.1 Å². The predicted molar refractivity (Wildman–Crippen MR) is 74.4 cm³/mol. The summed E-state index contributed by atoms with van der Waals surface area (Å²) in [6, 6.07) is 1.65. The van der Waals surface area contributed by atoms with Crippen LogP contribution in [0.15, 0.2) is 12.1 Å². The molecular formula is C14H13ClF5NO2. The fraction of sp³-hybridized carbons (Fsp3) is 0.500. The van der Waals surface area contributed by atoms with Crippen LogP contribution in [0.2, 0.25) is 5.02 Å². The zero-order valence-corrected chi connectivity index (χ0v) is 12.5. The Bertz CT molecular complexity index is 618. The largest absolute Gasteiger partial charge is 0.478 e. The fourth-order valence-electron chi connectivity index (χ4n) is 2.56. The molecule has 1 aromatic rings. The lowest BCUT2D eigenvalue weighted by Gasteiger charge is -2.26. The molecule has 9 heteroatoms. The van der Waals surface area contributed by atoms with Gasteiger partial charge in [-0.3, -0.25) is 0 Å². The molecule has 0 unspecified atom stereocenters. The molecule has 1 aromatic carbocycles. The summed E-state index contributed by atoms with van der Waals surface area (Å²) in [5.74, 6) is -4.50. The van der Waals surface area contributed by atoms with Crippen molar-refractivity contribution in [1.82, 2.24) is 0 Å². The minimum Gasteiger partial charge on any atom is -0.478 e. The predicted octanol–water partition coefficient (Wildman–Crippen LogP) is 4.68. The SMILES string of the molecule is O=C(O)c1c(N2CCCC(F)(F)CC2)ccc(C(F)(F)F)c1Cl. The fourth-order valence-corrected chi connectivity index (χ4v) is 2.90. The molecule has 1 fully saturated rings. The number of carbonyl (C=O) groups is 1. The van der Waals surface area contributed by atoms with Gasteiger partial charge in [0.15, 0.2) is 0 Å². The first-order chi connectivity index (χ1) is 10.5. The van der Waals surface area contributed by atoms with E-state index in [2.05, 4.69) is 0 Å². The van der Waals surface area contributed by atoms with E-state index in [9.17, 15) is 31.9 Å². The van der Waals surface area contributed by atoms with Crippen LogP contribution in [0.3, 0.4) is 0 Å². The third-order valence-electron chi connectivity index (χ3n) is 3.70. The molecule has 0 aromatic heterocycles. The molecule has 1 aliphatic heterocycles. The van der Waals surface area contributed by atoms with Gasteiger partial charge in [0.05, 0.1) is 16.3 Å².